The van der Waals surface area contributed by atoms with Gasteiger partial charge in [-0.1, -0.05) is 60.7 Å². The lowest BCUT2D eigenvalue weighted by atomic mass is 10.0. The number of hydrogen-bond donors (Lipinski definition) is 2. The number of ketones is 1. The first kappa shape index (κ1) is 21.8. The van der Waals surface area contributed by atoms with Crippen LogP contribution in [0.3, 0.4) is 0 Å². The topological polar surface area (TPSA) is 107 Å². The second-order valence-corrected chi connectivity index (χ2v) is 6.61. The van der Waals surface area contributed by atoms with Gasteiger partial charge in [-0.05, 0) is 5.56 Å². The fraction of sp³-hybridized carbons (Fsp3) is 0.143. The number of carbonyl (C=O) groups excluding carboxylic acids is 3. The number of primary amides is 1. The summed E-state index contributed by atoms with van der Waals surface area (Å²) >= 11 is 0. The first-order chi connectivity index (χ1) is 14.7. The zero-order valence-corrected chi connectivity index (χ0v) is 16.0. The van der Waals surface area contributed by atoms with Crippen LogP contribution in [0.4, 0.5) is 13.2 Å². The van der Waals surface area contributed by atoms with Gasteiger partial charge in [0, 0.05) is 18.2 Å². The van der Waals surface area contributed by atoms with E-state index in [4.69, 9.17) is 5.73 Å². The van der Waals surface area contributed by atoms with Crippen molar-refractivity contribution < 1.29 is 27.6 Å². The van der Waals surface area contributed by atoms with Crippen LogP contribution in [0, 0.1) is 0 Å². The molecule has 0 spiro atoms. The zero-order valence-electron chi connectivity index (χ0n) is 16.0. The van der Waals surface area contributed by atoms with Crippen molar-refractivity contribution in [2.24, 2.45) is 5.73 Å². The summed E-state index contributed by atoms with van der Waals surface area (Å²) in [5, 5.41) is 5.83. The van der Waals surface area contributed by atoms with Gasteiger partial charge in [0.05, 0.1) is 5.56 Å². The number of alkyl halides is 3. The number of nitrogens with zero attached hydrogens (tertiary/aromatic N) is 2. The van der Waals surface area contributed by atoms with Crippen molar-refractivity contribution in [1.29, 1.82) is 0 Å². The van der Waals surface area contributed by atoms with Crippen LogP contribution in [0.25, 0.3) is 11.3 Å². The largest absolute Gasteiger partial charge is 0.504 e. The summed E-state index contributed by atoms with van der Waals surface area (Å²) in [6.45, 7) is 0. The number of Topliss-reactive ketones (excluding diaryl/α,β-unsaturated/α-hetero) is 1. The van der Waals surface area contributed by atoms with Crippen molar-refractivity contribution in [1.82, 2.24) is 15.1 Å². The summed E-state index contributed by atoms with van der Waals surface area (Å²) in [5.41, 5.74) is 5.35. The van der Waals surface area contributed by atoms with E-state index in [9.17, 15) is 27.6 Å². The Morgan fingerprint density at radius 1 is 1.00 bits per heavy atom. The molecule has 10 heteroatoms. The molecule has 0 aliphatic carbocycles. The Morgan fingerprint density at radius 2 is 1.58 bits per heavy atom. The van der Waals surface area contributed by atoms with Crippen molar-refractivity contribution >= 4 is 17.6 Å². The summed E-state index contributed by atoms with van der Waals surface area (Å²) in [5.74, 6) is -3.33. The van der Waals surface area contributed by atoms with Crippen molar-refractivity contribution in [3.8, 4) is 11.3 Å². The van der Waals surface area contributed by atoms with Crippen LogP contribution in [0.15, 0.2) is 66.9 Å². The minimum Gasteiger partial charge on any atom is -0.363 e. The van der Waals surface area contributed by atoms with Gasteiger partial charge in [0.15, 0.2) is 0 Å². The van der Waals surface area contributed by atoms with Crippen molar-refractivity contribution in [2.45, 2.75) is 18.8 Å². The molecule has 1 unspecified atom stereocenters. The molecule has 0 bridgehead atoms. The Morgan fingerprint density at radius 3 is 2.13 bits per heavy atom. The monoisotopic (exact) mass is 430 g/mol. The number of amides is 2. The molecule has 0 radical (unpaired) electrons. The van der Waals surface area contributed by atoms with Crippen LogP contribution in [0.2, 0.25) is 0 Å². The molecule has 7 nitrogen and oxygen atoms in total. The number of rotatable bonds is 7. The summed E-state index contributed by atoms with van der Waals surface area (Å²) < 4.78 is 39.3. The second-order valence-electron chi connectivity index (χ2n) is 6.61. The van der Waals surface area contributed by atoms with Crippen LogP contribution in [-0.4, -0.2) is 33.4 Å². The molecule has 160 valence electrons. The highest BCUT2D eigenvalue weighted by molar-refractivity contribution is 6.38. The van der Waals surface area contributed by atoms with E-state index in [0.717, 1.165) is 0 Å². The van der Waals surface area contributed by atoms with E-state index in [1.165, 1.54) is 12.1 Å². The standard InChI is InChI=1S/C21H17F3N4O3/c22-21(23,24)28-12-15(17(27-28)14-9-5-2-6-10-14)20(31)26-16(18(29)19(25)30)11-13-7-3-1-4-8-13/h1-10,12,16H,11H2,(H2,25,30)(H,26,31). The molecule has 2 amide bonds. The van der Waals surface area contributed by atoms with E-state index in [0.29, 0.717) is 11.8 Å². The van der Waals surface area contributed by atoms with E-state index < -0.39 is 35.5 Å². The van der Waals surface area contributed by atoms with E-state index >= 15 is 0 Å². The summed E-state index contributed by atoms with van der Waals surface area (Å²) in [6.07, 6.45) is -4.39. The molecule has 0 saturated carbocycles. The summed E-state index contributed by atoms with van der Waals surface area (Å²) in [6, 6.07) is 14.9. The van der Waals surface area contributed by atoms with E-state index in [1.54, 1.807) is 48.5 Å². The van der Waals surface area contributed by atoms with Gasteiger partial charge < -0.3 is 11.1 Å². The molecular weight excluding hydrogens is 413 g/mol. The molecule has 3 aromatic rings. The molecular formula is C21H17F3N4O3. The number of hydrogen-bond acceptors (Lipinski definition) is 4. The van der Waals surface area contributed by atoms with Crippen LogP contribution < -0.4 is 11.1 Å². The van der Waals surface area contributed by atoms with E-state index in [2.05, 4.69) is 10.4 Å². The Hall–Kier alpha value is -3.95. The molecule has 1 heterocycles. The smallest absolute Gasteiger partial charge is 0.363 e. The normalized spacial score (nSPS) is 12.2. The molecule has 2 aromatic carbocycles. The Bertz CT molecular complexity index is 1100. The third-order valence-corrected chi connectivity index (χ3v) is 4.41. The van der Waals surface area contributed by atoms with Gasteiger partial charge in [0.1, 0.15) is 11.7 Å². The van der Waals surface area contributed by atoms with Crippen molar-refractivity contribution in [3.05, 3.63) is 78.0 Å². The predicted molar refractivity (Wildman–Crippen MR) is 105 cm³/mol. The number of benzene rings is 2. The Labute approximate surface area is 174 Å². The minimum atomic E-state index is -4.85. The quantitative estimate of drug-likeness (QED) is 0.562. The molecule has 1 atom stereocenters. The lowest BCUT2D eigenvalue weighted by Gasteiger charge is -2.16. The summed E-state index contributed by atoms with van der Waals surface area (Å²) in [4.78, 5) is 36.5. The third kappa shape index (κ3) is 5.16. The lowest BCUT2D eigenvalue weighted by molar-refractivity contribution is -0.212. The maximum absolute atomic E-state index is 13.2. The van der Waals surface area contributed by atoms with Gasteiger partial charge in [-0.25, -0.2) is 0 Å². The van der Waals surface area contributed by atoms with Gasteiger partial charge in [0.25, 0.3) is 11.8 Å². The summed E-state index contributed by atoms with van der Waals surface area (Å²) in [7, 11) is 0. The van der Waals surface area contributed by atoms with Gasteiger partial charge >= 0.3 is 6.30 Å². The van der Waals surface area contributed by atoms with Crippen LogP contribution in [0.1, 0.15) is 15.9 Å². The maximum atomic E-state index is 13.2. The van der Waals surface area contributed by atoms with E-state index in [1.807, 2.05) is 0 Å². The highest BCUT2D eigenvalue weighted by Gasteiger charge is 2.35. The zero-order chi connectivity index (χ0) is 22.6. The van der Waals surface area contributed by atoms with Crippen LogP contribution in [0.5, 0.6) is 0 Å². The first-order valence-corrected chi connectivity index (χ1v) is 9.07. The van der Waals surface area contributed by atoms with Gasteiger partial charge in [-0.15, -0.1) is 13.2 Å². The lowest BCUT2D eigenvalue weighted by Crippen LogP contribution is -2.47. The molecule has 0 aliphatic rings. The Balaban J connectivity index is 1.97. The second kappa shape index (κ2) is 8.82. The van der Waals surface area contributed by atoms with Gasteiger partial charge in [0.2, 0.25) is 5.78 Å². The average Bonchev–Trinajstić information content (AvgIpc) is 3.20. The molecule has 1 aromatic heterocycles. The Kier molecular flexibility index (Phi) is 6.19. The minimum absolute atomic E-state index is 0.0670. The number of aromatic nitrogens is 2. The molecule has 31 heavy (non-hydrogen) atoms. The number of nitrogens with two attached hydrogens (primary N) is 1. The van der Waals surface area contributed by atoms with Gasteiger partial charge in [-0.2, -0.15) is 9.78 Å². The molecule has 0 saturated heterocycles. The predicted octanol–water partition coefficient (Wildman–Crippen LogP) is 2.42. The molecule has 3 rings (SSSR count). The number of nitrogens with one attached hydrogen (secondary N) is 1. The van der Waals surface area contributed by atoms with Crippen LogP contribution in [-0.2, 0) is 22.3 Å². The highest BCUT2D eigenvalue weighted by Crippen LogP contribution is 2.28. The average molecular weight is 430 g/mol. The number of carbonyl (C=O) groups is 3. The first-order valence-electron chi connectivity index (χ1n) is 9.07. The SMILES string of the molecule is NC(=O)C(=O)C(Cc1ccccc1)NC(=O)c1cn(C(F)(F)F)nc1-c1ccccc1. The van der Waals surface area contributed by atoms with Gasteiger partial charge in [-0.3, -0.25) is 14.4 Å². The maximum Gasteiger partial charge on any atom is 0.504 e. The third-order valence-electron chi connectivity index (χ3n) is 4.41. The highest BCUT2D eigenvalue weighted by atomic mass is 19.4. The van der Waals surface area contributed by atoms with Crippen molar-refractivity contribution in [2.75, 3.05) is 0 Å². The number of halogens is 3. The fourth-order valence-electron chi connectivity index (χ4n) is 2.95. The molecule has 3 N–H and O–H groups in total. The molecule has 0 fully saturated rings. The van der Waals surface area contributed by atoms with E-state index in [-0.39, 0.29) is 22.4 Å². The van der Waals surface area contributed by atoms with Crippen molar-refractivity contribution in [3.63, 3.8) is 0 Å². The molecule has 0 aliphatic heterocycles. The fourth-order valence-corrected chi connectivity index (χ4v) is 2.95. The van der Waals surface area contributed by atoms with Crippen LogP contribution >= 0.6 is 0 Å².